The summed E-state index contributed by atoms with van der Waals surface area (Å²) < 4.78 is 48.0. The van der Waals surface area contributed by atoms with Gasteiger partial charge in [0.15, 0.2) is 5.65 Å². The maximum Gasteiger partial charge on any atom is 0.244 e. The highest BCUT2D eigenvalue weighted by molar-refractivity contribution is 9.10. The van der Waals surface area contributed by atoms with Crippen molar-refractivity contribution in [2.75, 3.05) is 6.26 Å². The highest BCUT2D eigenvalue weighted by Gasteiger charge is 2.21. The Morgan fingerprint density at radius 1 is 1.03 bits per heavy atom. The average Bonchev–Trinajstić information content (AvgIpc) is 3.07. The molecule has 2 aromatic heterocycles. The summed E-state index contributed by atoms with van der Waals surface area (Å²) in [5, 5.41) is 0.678. The molecule has 2 aromatic carbocycles. The van der Waals surface area contributed by atoms with Crippen molar-refractivity contribution in [3.05, 3.63) is 83.1 Å². The van der Waals surface area contributed by atoms with E-state index in [4.69, 9.17) is 4.78 Å². The van der Waals surface area contributed by atoms with E-state index in [-0.39, 0.29) is 5.75 Å². The first kappa shape index (κ1) is 20.8. The maximum absolute atomic E-state index is 13.2. The average molecular weight is 504 g/mol. The zero-order chi connectivity index (χ0) is 21.5. The Morgan fingerprint density at radius 3 is 2.33 bits per heavy atom. The fourth-order valence-corrected chi connectivity index (χ4v) is 5.66. The summed E-state index contributed by atoms with van der Waals surface area (Å²) in [5.41, 5.74) is 2.47. The van der Waals surface area contributed by atoms with Crippen LogP contribution in [-0.2, 0) is 25.5 Å². The summed E-state index contributed by atoms with van der Waals surface area (Å²) in [6.07, 6.45) is 4.50. The molecule has 0 fully saturated rings. The Balaban J connectivity index is 1.87. The lowest BCUT2D eigenvalue weighted by molar-refractivity contribution is 0.588. The number of halogens is 1. The molecule has 1 atom stereocenters. The van der Waals surface area contributed by atoms with Crippen molar-refractivity contribution in [3.63, 3.8) is 0 Å². The first-order valence-corrected chi connectivity index (χ1v) is 13.3. The molecule has 1 unspecified atom stereocenters. The van der Waals surface area contributed by atoms with Gasteiger partial charge in [0.1, 0.15) is 0 Å². The molecule has 0 aliphatic rings. The van der Waals surface area contributed by atoms with E-state index >= 15 is 0 Å². The standard InChI is InChI=1S/C21H18BrN3O3S2/c1-29(23,26)18-9-7-16(8-10-18)20-13-25(21-19(20)11-17(22)12-24-21)30(27,28)14-15-5-3-2-4-6-15/h2-13,23H,14H2,1H3. The molecular formula is C21H18BrN3O3S2. The number of hydrogen-bond acceptors (Lipinski definition) is 5. The van der Waals surface area contributed by atoms with E-state index in [0.717, 1.165) is 10.0 Å². The normalized spacial score (nSPS) is 13.9. The Bertz CT molecular complexity index is 1440. The zero-order valence-corrected chi connectivity index (χ0v) is 19.2. The van der Waals surface area contributed by atoms with Crippen molar-refractivity contribution < 1.29 is 12.6 Å². The van der Waals surface area contributed by atoms with Crippen LogP contribution in [-0.4, -0.2) is 27.8 Å². The Morgan fingerprint density at radius 2 is 1.70 bits per heavy atom. The molecule has 9 heteroatoms. The van der Waals surface area contributed by atoms with Crippen LogP contribution in [0, 0.1) is 4.78 Å². The molecule has 0 saturated heterocycles. The second-order valence-corrected chi connectivity index (χ2v) is 11.9. The Hall–Kier alpha value is -2.49. The van der Waals surface area contributed by atoms with Crippen LogP contribution in [0.2, 0.25) is 0 Å². The van der Waals surface area contributed by atoms with Crippen LogP contribution in [0.15, 0.2) is 82.4 Å². The molecule has 4 rings (SSSR count). The highest BCUT2D eigenvalue weighted by Crippen LogP contribution is 2.33. The molecule has 2 heterocycles. The third-order valence-corrected chi connectivity index (χ3v) is 7.87. The summed E-state index contributed by atoms with van der Waals surface area (Å²) in [7, 11) is -6.53. The van der Waals surface area contributed by atoms with Gasteiger partial charge in [0.25, 0.3) is 0 Å². The topological polar surface area (TPSA) is 92.9 Å². The van der Waals surface area contributed by atoms with Gasteiger partial charge in [-0.3, -0.25) is 0 Å². The number of pyridine rings is 1. The van der Waals surface area contributed by atoms with Crippen LogP contribution in [0.25, 0.3) is 22.2 Å². The van der Waals surface area contributed by atoms with E-state index in [1.54, 1.807) is 60.9 Å². The number of nitrogens with zero attached hydrogens (tertiary/aromatic N) is 2. The molecule has 6 nitrogen and oxygen atoms in total. The molecule has 0 aliphatic carbocycles. The molecule has 0 radical (unpaired) electrons. The molecule has 4 aromatic rings. The predicted molar refractivity (Wildman–Crippen MR) is 122 cm³/mol. The quantitative estimate of drug-likeness (QED) is 0.419. The van der Waals surface area contributed by atoms with Crippen molar-refractivity contribution in [2.45, 2.75) is 10.6 Å². The van der Waals surface area contributed by atoms with Crippen LogP contribution in [0.4, 0.5) is 0 Å². The van der Waals surface area contributed by atoms with Gasteiger partial charge < -0.3 is 0 Å². The molecule has 30 heavy (non-hydrogen) atoms. The summed E-state index contributed by atoms with van der Waals surface area (Å²) >= 11 is 3.41. The van der Waals surface area contributed by atoms with Gasteiger partial charge in [0.2, 0.25) is 10.0 Å². The molecule has 0 aliphatic heterocycles. The lowest BCUT2D eigenvalue weighted by Gasteiger charge is -2.07. The summed E-state index contributed by atoms with van der Waals surface area (Å²) in [4.78, 5) is 4.77. The van der Waals surface area contributed by atoms with Gasteiger partial charge in [-0.25, -0.2) is 26.4 Å². The molecule has 0 amide bonds. The monoisotopic (exact) mass is 503 g/mol. The smallest absolute Gasteiger partial charge is 0.244 e. The van der Waals surface area contributed by atoms with Gasteiger partial charge in [-0.2, -0.15) is 0 Å². The first-order chi connectivity index (χ1) is 14.1. The van der Waals surface area contributed by atoms with Crippen molar-refractivity contribution in [1.82, 2.24) is 8.96 Å². The van der Waals surface area contributed by atoms with Crippen LogP contribution < -0.4 is 0 Å². The maximum atomic E-state index is 13.2. The van der Waals surface area contributed by atoms with Gasteiger partial charge in [0.05, 0.1) is 15.5 Å². The largest absolute Gasteiger partial charge is 0.249 e. The SMILES string of the molecule is CS(=N)(=O)c1ccc(-c2cn(S(=O)(=O)Cc3ccccc3)c3ncc(Br)cc23)cc1. The fourth-order valence-electron chi connectivity index (χ4n) is 3.24. The number of hydrogen-bond donors (Lipinski definition) is 1. The minimum absolute atomic E-state index is 0.148. The molecule has 0 saturated carbocycles. The van der Waals surface area contributed by atoms with Crippen molar-refractivity contribution >= 4 is 46.7 Å². The Kier molecular flexibility index (Phi) is 5.29. The molecule has 0 spiro atoms. The minimum Gasteiger partial charge on any atom is -0.249 e. The third kappa shape index (κ3) is 4.05. The molecule has 0 bridgehead atoms. The van der Waals surface area contributed by atoms with Gasteiger partial charge in [-0.15, -0.1) is 0 Å². The third-order valence-electron chi connectivity index (χ3n) is 4.69. The molecular weight excluding hydrogens is 486 g/mol. The van der Waals surface area contributed by atoms with Crippen LogP contribution >= 0.6 is 15.9 Å². The highest BCUT2D eigenvalue weighted by atomic mass is 79.9. The second-order valence-electron chi connectivity index (χ2n) is 6.97. The predicted octanol–water partition coefficient (Wildman–Crippen LogP) is 4.88. The van der Waals surface area contributed by atoms with Gasteiger partial charge in [-0.05, 0) is 45.3 Å². The number of aromatic nitrogens is 2. The van der Waals surface area contributed by atoms with E-state index in [1.165, 1.54) is 10.2 Å². The van der Waals surface area contributed by atoms with Crippen molar-refractivity contribution in [1.29, 1.82) is 4.78 Å². The number of fused-ring (bicyclic) bond motifs is 1. The second kappa shape index (κ2) is 7.64. The number of benzene rings is 2. The van der Waals surface area contributed by atoms with E-state index in [1.807, 2.05) is 12.1 Å². The molecule has 154 valence electrons. The summed E-state index contributed by atoms with van der Waals surface area (Å²) in [6.45, 7) is 0. The van der Waals surface area contributed by atoms with E-state index < -0.39 is 19.8 Å². The van der Waals surface area contributed by atoms with Gasteiger partial charge >= 0.3 is 0 Å². The summed E-state index contributed by atoms with van der Waals surface area (Å²) in [6, 6.07) is 17.6. The number of rotatable bonds is 5. The van der Waals surface area contributed by atoms with Crippen LogP contribution in [0.1, 0.15) is 5.56 Å². The fraction of sp³-hybridized carbons (Fsp3) is 0.0952. The number of nitrogens with one attached hydrogen (secondary N) is 1. The van der Waals surface area contributed by atoms with Crippen LogP contribution in [0.3, 0.4) is 0 Å². The van der Waals surface area contributed by atoms with Crippen molar-refractivity contribution in [2.24, 2.45) is 0 Å². The van der Waals surface area contributed by atoms with Crippen molar-refractivity contribution in [3.8, 4) is 11.1 Å². The Labute approximate surface area is 183 Å². The van der Waals surface area contributed by atoms with E-state index in [2.05, 4.69) is 20.9 Å². The zero-order valence-electron chi connectivity index (χ0n) is 15.9. The van der Waals surface area contributed by atoms with E-state index in [0.29, 0.717) is 27.1 Å². The summed E-state index contributed by atoms with van der Waals surface area (Å²) in [5.74, 6) is -0.148. The molecule has 1 N–H and O–H groups in total. The van der Waals surface area contributed by atoms with Gasteiger partial charge in [-0.1, -0.05) is 42.5 Å². The first-order valence-electron chi connectivity index (χ1n) is 8.93. The van der Waals surface area contributed by atoms with E-state index in [9.17, 15) is 12.6 Å². The lowest BCUT2D eigenvalue weighted by Crippen LogP contribution is -2.14. The lowest BCUT2D eigenvalue weighted by atomic mass is 10.1. The van der Waals surface area contributed by atoms with Gasteiger partial charge in [0, 0.05) is 39.0 Å². The van der Waals surface area contributed by atoms with Crippen LogP contribution in [0.5, 0.6) is 0 Å². The minimum atomic E-state index is -3.71.